The Morgan fingerprint density at radius 3 is 2.62 bits per heavy atom. The van der Waals surface area contributed by atoms with E-state index in [0.717, 1.165) is 5.56 Å². The van der Waals surface area contributed by atoms with Gasteiger partial charge < -0.3 is 16.4 Å². The number of nitrogens with two attached hydrogens (primary N) is 2. The van der Waals surface area contributed by atoms with Gasteiger partial charge in [-0.3, -0.25) is 24.1 Å². The number of amides is 4. The highest BCUT2D eigenvalue weighted by molar-refractivity contribution is 6.31. The Kier molecular flexibility index (Phi) is 5.42. The van der Waals surface area contributed by atoms with E-state index in [4.69, 9.17) is 28.9 Å². The lowest BCUT2D eigenvalue weighted by atomic mass is 9.76. The van der Waals surface area contributed by atoms with Gasteiger partial charge in [-0.2, -0.15) is 0 Å². The molecule has 2 aromatic rings. The Balaban J connectivity index is 1.62. The highest BCUT2D eigenvalue weighted by atomic mass is 35.5. The molecule has 8 nitrogen and oxygen atoms in total. The molecule has 5 N–H and O–H groups in total. The minimum Gasteiger partial charge on any atom is -0.370 e. The molecule has 5 rings (SSSR count). The molecule has 0 aromatic heterocycles. The molecular weight excluding hydrogens is 479 g/mol. The van der Waals surface area contributed by atoms with Gasteiger partial charge in [0.2, 0.25) is 23.3 Å². The van der Waals surface area contributed by atoms with E-state index in [9.17, 15) is 19.2 Å². The molecule has 0 saturated carbocycles. The predicted molar refractivity (Wildman–Crippen MR) is 125 cm³/mol. The third-order valence-corrected chi connectivity index (χ3v) is 7.83. The first-order chi connectivity index (χ1) is 16.1. The summed E-state index contributed by atoms with van der Waals surface area (Å²) in [4.78, 5) is 53.7. The normalized spacial score (nSPS) is 27.3. The monoisotopic (exact) mass is 501 g/mol. The molecule has 0 radical (unpaired) electrons. The molecule has 2 saturated heterocycles. The van der Waals surface area contributed by atoms with Crippen LogP contribution in [0, 0.1) is 18.8 Å². The number of anilines is 1. The number of hydrogen-bond acceptors (Lipinski definition) is 4. The van der Waals surface area contributed by atoms with Crippen molar-refractivity contribution in [3.63, 3.8) is 0 Å². The quantitative estimate of drug-likeness (QED) is 0.536. The molecule has 34 heavy (non-hydrogen) atoms. The van der Waals surface area contributed by atoms with Crippen molar-refractivity contribution in [1.82, 2.24) is 4.90 Å². The number of fused-ring (bicyclic) bond motifs is 4. The highest BCUT2D eigenvalue weighted by Gasteiger charge is 2.74. The van der Waals surface area contributed by atoms with Gasteiger partial charge in [-0.15, -0.1) is 0 Å². The molecule has 0 unspecified atom stereocenters. The van der Waals surface area contributed by atoms with Crippen molar-refractivity contribution in [3.8, 4) is 0 Å². The molecule has 2 fully saturated rings. The number of aryl methyl sites for hydroxylation is 1. The number of benzene rings is 2. The fraction of sp³-hybridized carbons (Fsp3) is 0.333. The average molecular weight is 502 g/mol. The summed E-state index contributed by atoms with van der Waals surface area (Å²) in [5, 5.41) is 5.55. The second-order valence-electron chi connectivity index (χ2n) is 9.16. The van der Waals surface area contributed by atoms with E-state index >= 15 is 0 Å². The van der Waals surface area contributed by atoms with Crippen molar-refractivity contribution in [3.05, 3.63) is 63.1 Å². The zero-order valence-corrected chi connectivity index (χ0v) is 19.8. The van der Waals surface area contributed by atoms with E-state index in [1.165, 1.54) is 4.90 Å². The van der Waals surface area contributed by atoms with Crippen molar-refractivity contribution in [2.24, 2.45) is 17.6 Å². The zero-order valence-electron chi connectivity index (χ0n) is 18.3. The van der Waals surface area contributed by atoms with Crippen molar-refractivity contribution in [2.75, 3.05) is 5.32 Å². The molecule has 2 aromatic carbocycles. The highest BCUT2D eigenvalue weighted by Crippen LogP contribution is 2.51. The second kappa shape index (κ2) is 8.08. The van der Waals surface area contributed by atoms with Crippen molar-refractivity contribution >= 4 is 52.5 Å². The second-order valence-corrected chi connectivity index (χ2v) is 10.0. The molecule has 0 aliphatic carbocycles. The van der Waals surface area contributed by atoms with Gasteiger partial charge in [-0.05, 0) is 36.2 Å². The van der Waals surface area contributed by atoms with Crippen LogP contribution in [-0.4, -0.2) is 34.6 Å². The fourth-order valence-electron chi connectivity index (χ4n) is 5.78. The maximum atomic E-state index is 13.8. The van der Waals surface area contributed by atoms with Crippen LogP contribution in [0.2, 0.25) is 10.0 Å². The van der Waals surface area contributed by atoms with Crippen LogP contribution >= 0.6 is 23.2 Å². The predicted octanol–water partition coefficient (Wildman–Crippen LogP) is 1.46. The summed E-state index contributed by atoms with van der Waals surface area (Å²) < 4.78 is 0. The molecule has 176 valence electrons. The average Bonchev–Trinajstić information content (AvgIpc) is 3.35. The number of nitrogens with zero attached hydrogens (tertiary/aromatic N) is 1. The maximum Gasteiger partial charge on any atom is 0.291 e. The van der Waals surface area contributed by atoms with Crippen LogP contribution in [0.4, 0.5) is 5.69 Å². The van der Waals surface area contributed by atoms with Crippen LogP contribution in [0.25, 0.3) is 0 Å². The third kappa shape index (κ3) is 3.24. The van der Waals surface area contributed by atoms with Gasteiger partial charge in [-0.1, -0.05) is 41.4 Å². The molecule has 3 aliphatic rings. The molecule has 3 aliphatic heterocycles. The Morgan fingerprint density at radius 1 is 1.18 bits per heavy atom. The van der Waals surface area contributed by atoms with Crippen molar-refractivity contribution < 1.29 is 24.5 Å². The molecule has 0 bridgehead atoms. The Labute approximate surface area is 205 Å². The maximum absolute atomic E-state index is 13.8. The van der Waals surface area contributed by atoms with Gasteiger partial charge in [0.15, 0.2) is 0 Å². The number of primary amides is 1. The van der Waals surface area contributed by atoms with E-state index in [1.54, 1.807) is 41.7 Å². The standard InChI is InChI=1S/C24H22Cl2N4O4/c1-11-8-13(25)9-14-20(11)28-23(34)24(14)19-18(16(29-24)6-7-17(27)31)21(32)30(22(19)33)10-12-4-2-3-5-15(12)26/h2-5,8-9,16,18-19,29H,6-7,10H2,1H3,(H2,27,31)(H,28,34)/p+1/t16-,18-,19+,24+/m1/s1. The summed E-state index contributed by atoms with van der Waals surface area (Å²) in [6.07, 6.45) is 0.300. The summed E-state index contributed by atoms with van der Waals surface area (Å²) in [6.45, 7) is 1.83. The van der Waals surface area contributed by atoms with E-state index in [-0.39, 0.29) is 31.2 Å². The van der Waals surface area contributed by atoms with Gasteiger partial charge in [0, 0.05) is 28.5 Å². The Bertz CT molecular complexity index is 1270. The summed E-state index contributed by atoms with van der Waals surface area (Å²) in [5.41, 5.74) is 6.60. The first-order valence-electron chi connectivity index (χ1n) is 11.0. The molecule has 1 spiro atoms. The van der Waals surface area contributed by atoms with Crippen molar-refractivity contribution in [2.45, 2.75) is 37.9 Å². The number of carbonyl (C=O) groups is 4. The fourth-order valence-corrected chi connectivity index (χ4v) is 6.25. The Hall–Kier alpha value is -2.94. The molecular formula is C24H23Cl2N4O4+. The molecule has 4 amide bonds. The van der Waals surface area contributed by atoms with Gasteiger partial charge in [0.25, 0.3) is 5.91 Å². The molecule has 4 atom stereocenters. The van der Waals surface area contributed by atoms with E-state index in [1.807, 2.05) is 6.92 Å². The number of nitrogens with one attached hydrogen (secondary N) is 1. The van der Waals surface area contributed by atoms with Crippen LogP contribution in [0.5, 0.6) is 0 Å². The van der Waals surface area contributed by atoms with E-state index in [0.29, 0.717) is 26.9 Å². The van der Waals surface area contributed by atoms with Crippen LogP contribution in [0.15, 0.2) is 36.4 Å². The summed E-state index contributed by atoms with van der Waals surface area (Å²) in [6, 6.07) is 9.93. The lowest BCUT2D eigenvalue weighted by molar-refractivity contribution is -0.734. The smallest absolute Gasteiger partial charge is 0.291 e. The molecule has 3 heterocycles. The van der Waals surface area contributed by atoms with E-state index < -0.39 is 35.2 Å². The van der Waals surface area contributed by atoms with E-state index in [2.05, 4.69) is 5.32 Å². The number of quaternary nitrogens is 1. The minimum atomic E-state index is -1.36. The van der Waals surface area contributed by atoms with Gasteiger partial charge >= 0.3 is 0 Å². The number of rotatable bonds is 5. The SMILES string of the molecule is Cc1cc(Cl)cc2c1NC(=O)[C@]21[NH2+][C@H](CCC(N)=O)[C@H]2C(=O)N(Cc3ccccc3Cl)C(=O)[C@H]21. The number of halogens is 2. The number of imide groups is 1. The lowest BCUT2D eigenvalue weighted by Gasteiger charge is -2.26. The minimum absolute atomic E-state index is 0.00596. The van der Waals surface area contributed by atoms with Crippen LogP contribution in [-0.2, 0) is 31.3 Å². The summed E-state index contributed by atoms with van der Waals surface area (Å²) in [7, 11) is 0. The number of hydrogen-bond donors (Lipinski definition) is 3. The largest absolute Gasteiger partial charge is 0.370 e. The Morgan fingerprint density at radius 2 is 1.91 bits per heavy atom. The zero-order chi connectivity index (χ0) is 24.4. The van der Waals surface area contributed by atoms with Gasteiger partial charge in [0.1, 0.15) is 17.9 Å². The summed E-state index contributed by atoms with van der Waals surface area (Å²) in [5.74, 6) is -3.42. The van der Waals surface area contributed by atoms with Gasteiger partial charge in [0.05, 0.1) is 12.2 Å². The first-order valence-corrected chi connectivity index (χ1v) is 11.8. The van der Waals surface area contributed by atoms with Crippen LogP contribution < -0.4 is 16.4 Å². The number of likely N-dealkylation sites (tertiary alicyclic amines) is 1. The lowest BCUT2D eigenvalue weighted by Crippen LogP contribution is -2.99. The summed E-state index contributed by atoms with van der Waals surface area (Å²) >= 11 is 12.6. The van der Waals surface area contributed by atoms with Crippen molar-refractivity contribution in [1.29, 1.82) is 0 Å². The number of carbonyl (C=O) groups excluding carboxylic acids is 4. The molecule has 10 heteroatoms. The topological polar surface area (TPSA) is 126 Å². The van der Waals surface area contributed by atoms with Crippen LogP contribution in [0.3, 0.4) is 0 Å². The first kappa shape index (κ1) is 22.8. The van der Waals surface area contributed by atoms with Crippen LogP contribution in [0.1, 0.15) is 29.5 Å². The van der Waals surface area contributed by atoms with Gasteiger partial charge in [-0.25, -0.2) is 0 Å². The third-order valence-electron chi connectivity index (χ3n) is 7.24.